The Morgan fingerprint density at radius 2 is 1.75 bits per heavy atom. The fraction of sp³-hybridized carbons (Fsp3) is 0.571. The number of aliphatic hydroxyl groups excluding tert-OH is 1. The lowest BCUT2D eigenvalue weighted by Gasteiger charge is -2.24. The topological polar surface area (TPSA) is 67.8 Å². The number of benzene rings is 1. The number of aliphatic hydroxyl groups is 1. The molecule has 6 heteroatoms. The Hall–Kier alpha value is -0.710. The van der Waals surface area contributed by atoms with Gasteiger partial charge in [-0.15, -0.1) is 0 Å². The number of hydrogen-bond acceptors (Lipinski definition) is 5. The van der Waals surface area contributed by atoms with E-state index in [9.17, 15) is 9.67 Å². The molecule has 114 valence electrons. The minimum absolute atomic E-state index is 0.0440. The van der Waals surface area contributed by atoms with Crippen molar-refractivity contribution in [3.8, 4) is 0 Å². The maximum atomic E-state index is 12.3. The maximum Gasteiger partial charge on any atom is 0.360 e. The first-order valence-electron chi connectivity index (χ1n) is 6.88. The lowest BCUT2D eigenvalue weighted by atomic mass is 10.1. The summed E-state index contributed by atoms with van der Waals surface area (Å²) in [6.45, 7) is 6.05. The molecule has 1 aromatic carbocycles. The third-order valence-electron chi connectivity index (χ3n) is 2.89. The standard InChI is InChI=1S/C14H24NO4P/c1-4-18-20(17,19-5-2)14(16)11-15-12(3)13-9-7-6-8-10-13/h6-10,12,14-16H,4-5,11H2,1-3H3/t12-,14-/m1/s1. The Labute approximate surface area is 120 Å². The van der Waals surface area contributed by atoms with Crippen molar-refractivity contribution in [2.24, 2.45) is 0 Å². The van der Waals surface area contributed by atoms with Gasteiger partial charge in [-0.3, -0.25) is 4.57 Å². The SMILES string of the molecule is CCOP(=O)(OCC)[C@@H](O)CN[C@H](C)c1ccccc1. The van der Waals surface area contributed by atoms with Gasteiger partial charge in [0.1, 0.15) is 0 Å². The summed E-state index contributed by atoms with van der Waals surface area (Å²) in [5.74, 6) is -1.17. The highest BCUT2D eigenvalue weighted by molar-refractivity contribution is 7.54. The Balaban J connectivity index is 2.57. The van der Waals surface area contributed by atoms with Gasteiger partial charge in [-0.1, -0.05) is 30.3 Å². The monoisotopic (exact) mass is 301 g/mol. The van der Waals surface area contributed by atoms with Crippen LogP contribution in [0.2, 0.25) is 0 Å². The Kier molecular flexibility index (Phi) is 7.41. The van der Waals surface area contributed by atoms with Crippen molar-refractivity contribution in [1.82, 2.24) is 5.32 Å². The zero-order valence-electron chi connectivity index (χ0n) is 12.3. The van der Waals surface area contributed by atoms with Crippen molar-refractivity contribution in [2.45, 2.75) is 32.7 Å². The highest BCUT2D eigenvalue weighted by atomic mass is 31.2. The van der Waals surface area contributed by atoms with Gasteiger partial charge in [0, 0.05) is 12.6 Å². The maximum absolute atomic E-state index is 12.3. The molecule has 0 aliphatic carbocycles. The fourth-order valence-electron chi connectivity index (χ4n) is 1.82. The van der Waals surface area contributed by atoms with Gasteiger partial charge in [-0.2, -0.15) is 0 Å². The molecule has 0 aliphatic heterocycles. The van der Waals surface area contributed by atoms with Gasteiger partial charge in [-0.25, -0.2) is 0 Å². The first kappa shape index (κ1) is 17.3. The first-order chi connectivity index (χ1) is 9.53. The summed E-state index contributed by atoms with van der Waals surface area (Å²) in [6, 6.07) is 9.89. The molecule has 5 nitrogen and oxygen atoms in total. The van der Waals surface area contributed by atoms with Crippen molar-refractivity contribution >= 4 is 7.60 Å². The van der Waals surface area contributed by atoms with E-state index in [0.717, 1.165) is 5.56 Å². The van der Waals surface area contributed by atoms with Crippen molar-refractivity contribution in [2.75, 3.05) is 19.8 Å². The number of rotatable bonds is 9. The van der Waals surface area contributed by atoms with Crippen LogP contribution in [0, 0.1) is 0 Å². The van der Waals surface area contributed by atoms with Gasteiger partial charge in [0.05, 0.1) is 13.2 Å². The molecule has 2 N–H and O–H groups in total. The van der Waals surface area contributed by atoms with Gasteiger partial charge in [0.25, 0.3) is 0 Å². The van der Waals surface area contributed by atoms with Crippen LogP contribution in [0.5, 0.6) is 0 Å². The molecule has 2 atom stereocenters. The minimum atomic E-state index is -3.47. The van der Waals surface area contributed by atoms with Crippen molar-refractivity contribution in [3.05, 3.63) is 35.9 Å². The van der Waals surface area contributed by atoms with Crippen molar-refractivity contribution in [1.29, 1.82) is 0 Å². The van der Waals surface area contributed by atoms with Crippen molar-refractivity contribution < 1.29 is 18.7 Å². The molecule has 0 saturated heterocycles. The molecule has 0 unspecified atom stereocenters. The molecule has 0 amide bonds. The van der Waals surface area contributed by atoms with Crippen LogP contribution >= 0.6 is 7.60 Å². The van der Waals surface area contributed by atoms with Crippen LogP contribution in [-0.4, -0.2) is 30.7 Å². The molecule has 1 aromatic rings. The summed E-state index contributed by atoms with van der Waals surface area (Å²) in [6.07, 6.45) is 0. The minimum Gasteiger partial charge on any atom is -0.379 e. The molecule has 20 heavy (non-hydrogen) atoms. The summed E-state index contributed by atoms with van der Waals surface area (Å²) in [7, 11) is -3.47. The molecule has 0 bridgehead atoms. The zero-order chi connectivity index (χ0) is 15.0. The molecule has 0 aliphatic rings. The van der Waals surface area contributed by atoms with E-state index in [0.29, 0.717) is 0 Å². The number of hydrogen-bond donors (Lipinski definition) is 2. The van der Waals surface area contributed by atoms with Gasteiger partial charge in [0.2, 0.25) is 0 Å². The Bertz CT molecular complexity index is 416. The van der Waals surface area contributed by atoms with Crippen LogP contribution in [-0.2, 0) is 13.6 Å². The summed E-state index contributed by atoms with van der Waals surface area (Å²) in [5.41, 5.74) is 1.10. The molecule has 0 spiro atoms. The zero-order valence-corrected chi connectivity index (χ0v) is 13.2. The summed E-state index contributed by atoms with van der Waals surface area (Å²) in [5, 5.41) is 13.2. The van der Waals surface area contributed by atoms with E-state index in [2.05, 4.69) is 5.32 Å². The fourth-order valence-corrected chi connectivity index (χ4v) is 3.29. The van der Waals surface area contributed by atoms with Crippen LogP contribution < -0.4 is 5.32 Å². The average molecular weight is 301 g/mol. The summed E-state index contributed by atoms with van der Waals surface area (Å²) < 4.78 is 22.6. The van der Waals surface area contributed by atoms with E-state index in [1.165, 1.54) is 0 Å². The quantitative estimate of drug-likeness (QED) is 0.686. The highest BCUT2D eigenvalue weighted by Gasteiger charge is 2.33. The highest BCUT2D eigenvalue weighted by Crippen LogP contribution is 2.51. The van der Waals surface area contributed by atoms with Crippen LogP contribution in [0.15, 0.2) is 30.3 Å². The predicted octanol–water partition coefficient (Wildman–Crippen LogP) is 2.92. The van der Waals surface area contributed by atoms with Crippen molar-refractivity contribution in [3.63, 3.8) is 0 Å². The molecule has 0 aromatic heterocycles. The second kappa shape index (κ2) is 8.55. The Morgan fingerprint density at radius 1 is 1.20 bits per heavy atom. The lowest BCUT2D eigenvalue weighted by molar-refractivity contribution is 0.146. The second-order valence-electron chi connectivity index (χ2n) is 4.40. The summed E-state index contributed by atoms with van der Waals surface area (Å²) in [4.78, 5) is 0. The third-order valence-corrected chi connectivity index (χ3v) is 5.04. The van der Waals surface area contributed by atoms with Crippen LogP contribution in [0.1, 0.15) is 32.4 Å². The molecule has 0 heterocycles. The molecular formula is C14H24NO4P. The molecular weight excluding hydrogens is 277 g/mol. The number of nitrogens with one attached hydrogen (secondary N) is 1. The van der Waals surface area contributed by atoms with E-state index in [1.807, 2.05) is 37.3 Å². The van der Waals surface area contributed by atoms with Gasteiger partial charge in [-0.05, 0) is 26.3 Å². The average Bonchev–Trinajstić information content (AvgIpc) is 2.45. The van der Waals surface area contributed by atoms with E-state index in [4.69, 9.17) is 9.05 Å². The first-order valence-corrected chi connectivity index (χ1v) is 8.49. The van der Waals surface area contributed by atoms with E-state index < -0.39 is 13.4 Å². The van der Waals surface area contributed by atoms with Crippen LogP contribution in [0.3, 0.4) is 0 Å². The van der Waals surface area contributed by atoms with Gasteiger partial charge in [0.15, 0.2) is 5.85 Å². The summed E-state index contributed by atoms with van der Waals surface area (Å²) >= 11 is 0. The smallest absolute Gasteiger partial charge is 0.360 e. The third kappa shape index (κ3) is 5.00. The van der Waals surface area contributed by atoms with Gasteiger partial charge >= 0.3 is 7.60 Å². The lowest BCUT2D eigenvalue weighted by Crippen LogP contribution is -2.30. The predicted molar refractivity (Wildman–Crippen MR) is 79.7 cm³/mol. The van der Waals surface area contributed by atoms with E-state index in [-0.39, 0.29) is 25.8 Å². The van der Waals surface area contributed by atoms with Crippen LogP contribution in [0.4, 0.5) is 0 Å². The van der Waals surface area contributed by atoms with Crippen LogP contribution in [0.25, 0.3) is 0 Å². The normalized spacial score (nSPS) is 15.0. The molecule has 0 radical (unpaired) electrons. The van der Waals surface area contributed by atoms with E-state index >= 15 is 0 Å². The second-order valence-corrected chi connectivity index (χ2v) is 6.59. The molecule has 0 saturated carbocycles. The van der Waals surface area contributed by atoms with E-state index in [1.54, 1.807) is 13.8 Å². The Morgan fingerprint density at radius 3 is 2.25 bits per heavy atom. The molecule has 0 fully saturated rings. The van der Waals surface area contributed by atoms with Gasteiger partial charge < -0.3 is 19.5 Å². The molecule has 1 rings (SSSR count). The largest absolute Gasteiger partial charge is 0.379 e.